The highest BCUT2D eigenvalue weighted by Crippen LogP contribution is 2.06. The number of hydrogen-bond acceptors (Lipinski definition) is 2. The summed E-state index contributed by atoms with van der Waals surface area (Å²) in [6.07, 6.45) is -0.935. The van der Waals surface area contributed by atoms with E-state index in [1.165, 1.54) is 6.20 Å². The Morgan fingerprint density at radius 1 is 1.64 bits per heavy atom. The van der Waals surface area contributed by atoms with Gasteiger partial charge in [-0.05, 0) is 12.5 Å². The molecule has 0 saturated carbocycles. The van der Waals surface area contributed by atoms with E-state index in [0.717, 1.165) is 4.68 Å². The van der Waals surface area contributed by atoms with Crippen molar-refractivity contribution in [3.63, 3.8) is 0 Å². The maximum atomic E-state index is 12.0. The number of aromatic nitrogens is 2. The summed E-state index contributed by atoms with van der Waals surface area (Å²) in [4.78, 5) is 10.3. The van der Waals surface area contributed by atoms with Crippen molar-refractivity contribution in [2.24, 2.45) is 0 Å². The van der Waals surface area contributed by atoms with Crippen LogP contribution < -0.4 is 0 Å². The fourth-order valence-electron chi connectivity index (χ4n) is 1.10. The van der Waals surface area contributed by atoms with Gasteiger partial charge < -0.3 is 5.11 Å². The number of rotatable bonds is 5. The third kappa shape index (κ3) is 3.12. The van der Waals surface area contributed by atoms with E-state index in [1.54, 1.807) is 6.07 Å². The number of carboxylic acid groups (broad SMARTS) is 1. The molecule has 0 aliphatic carbocycles. The molecule has 0 fully saturated rings. The molecule has 0 aliphatic rings. The number of aliphatic carboxylic acids is 1. The van der Waals surface area contributed by atoms with Crippen LogP contribution in [-0.2, 0) is 17.8 Å². The van der Waals surface area contributed by atoms with E-state index >= 15 is 0 Å². The quantitative estimate of drug-likeness (QED) is 0.783. The van der Waals surface area contributed by atoms with Crippen molar-refractivity contribution in [3.8, 4) is 0 Å². The highest BCUT2D eigenvalue weighted by molar-refractivity contribution is 5.66. The lowest BCUT2D eigenvalue weighted by molar-refractivity contribution is -0.136. The lowest BCUT2D eigenvalue weighted by atomic mass is 10.2. The Hall–Kier alpha value is -1.46. The Kier molecular flexibility index (Phi) is 3.55. The van der Waals surface area contributed by atoms with Gasteiger partial charge in [0.05, 0.1) is 6.42 Å². The lowest BCUT2D eigenvalue weighted by Gasteiger charge is -2.04. The molecule has 1 N–H and O–H groups in total. The molecule has 1 aromatic rings. The number of nitrogens with zero attached hydrogens (tertiary/aromatic N) is 2. The van der Waals surface area contributed by atoms with Gasteiger partial charge in [0.2, 0.25) is 0 Å². The minimum absolute atomic E-state index is 0.0745. The summed E-state index contributed by atoms with van der Waals surface area (Å²) in [6, 6.07) is 1.55. The topological polar surface area (TPSA) is 55.1 Å². The van der Waals surface area contributed by atoms with Gasteiger partial charge in [-0.2, -0.15) is 5.10 Å². The molecule has 1 aromatic heterocycles. The van der Waals surface area contributed by atoms with E-state index in [2.05, 4.69) is 5.10 Å². The molecule has 0 amide bonds. The molecular weight excluding hydrogens is 194 g/mol. The molecule has 0 bridgehead atoms. The summed E-state index contributed by atoms with van der Waals surface area (Å²) in [5, 5.41) is 12.1. The molecule has 4 nitrogen and oxygen atoms in total. The van der Waals surface area contributed by atoms with Gasteiger partial charge in [0, 0.05) is 11.9 Å². The van der Waals surface area contributed by atoms with Gasteiger partial charge in [0.1, 0.15) is 6.54 Å². The number of aryl methyl sites for hydroxylation is 1. The first kappa shape index (κ1) is 10.6. The zero-order valence-corrected chi connectivity index (χ0v) is 7.36. The fraction of sp³-hybridized carbons (Fsp3) is 0.500. The van der Waals surface area contributed by atoms with Crippen molar-refractivity contribution in [2.45, 2.75) is 25.8 Å². The minimum Gasteiger partial charge on any atom is -0.481 e. The van der Waals surface area contributed by atoms with Crippen LogP contribution >= 0.6 is 0 Å². The Bertz CT molecular complexity index is 312. The second-order valence-electron chi connectivity index (χ2n) is 2.79. The molecule has 0 unspecified atom stereocenters. The summed E-state index contributed by atoms with van der Waals surface area (Å²) in [5.74, 6) is -0.949. The van der Waals surface area contributed by atoms with Crippen molar-refractivity contribution in [1.29, 1.82) is 0 Å². The van der Waals surface area contributed by atoms with Gasteiger partial charge in [-0.3, -0.25) is 9.48 Å². The van der Waals surface area contributed by atoms with E-state index in [1.807, 2.05) is 0 Å². The van der Waals surface area contributed by atoms with Crippen LogP contribution in [0.3, 0.4) is 0 Å². The first-order chi connectivity index (χ1) is 6.59. The average molecular weight is 204 g/mol. The van der Waals surface area contributed by atoms with Crippen LogP contribution in [0, 0.1) is 0 Å². The van der Waals surface area contributed by atoms with E-state index in [0.29, 0.717) is 5.69 Å². The SMILES string of the molecule is O=C(O)CCc1ccnn1CC(F)F. The normalized spacial score (nSPS) is 10.8. The van der Waals surface area contributed by atoms with Crippen LogP contribution in [0.25, 0.3) is 0 Å². The number of carbonyl (C=O) groups is 1. The predicted molar refractivity (Wildman–Crippen MR) is 44.2 cm³/mol. The summed E-state index contributed by atoms with van der Waals surface area (Å²) < 4.78 is 25.1. The van der Waals surface area contributed by atoms with Gasteiger partial charge in [0.15, 0.2) is 0 Å². The second-order valence-corrected chi connectivity index (χ2v) is 2.79. The standard InChI is InChI=1S/C8H10F2N2O2/c9-7(10)5-12-6(3-4-11-12)1-2-8(13)14/h3-4,7H,1-2,5H2,(H,13,14). The summed E-state index contributed by atoms with van der Waals surface area (Å²) in [7, 11) is 0. The van der Waals surface area contributed by atoms with E-state index < -0.39 is 18.9 Å². The zero-order chi connectivity index (χ0) is 10.6. The summed E-state index contributed by atoms with van der Waals surface area (Å²) in [6.45, 7) is -0.484. The van der Waals surface area contributed by atoms with Gasteiger partial charge in [0.25, 0.3) is 6.43 Å². The third-order valence-electron chi connectivity index (χ3n) is 1.71. The molecule has 0 saturated heterocycles. The summed E-state index contributed by atoms with van der Waals surface area (Å²) in [5.41, 5.74) is 0.521. The van der Waals surface area contributed by atoms with Crippen molar-refractivity contribution >= 4 is 5.97 Å². The Morgan fingerprint density at radius 2 is 2.36 bits per heavy atom. The van der Waals surface area contributed by atoms with Crippen molar-refractivity contribution < 1.29 is 18.7 Å². The Morgan fingerprint density at radius 3 is 2.93 bits per heavy atom. The first-order valence-electron chi connectivity index (χ1n) is 4.10. The third-order valence-corrected chi connectivity index (χ3v) is 1.71. The van der Waals surface area contributed by atoms with Crippen LogP contribution in [-0.4, -0.2) is 27.3 Å². The van der Waals surface area contributed by atoms with Crippen LogP contribution in [0.4, 0.5) is 8.78 Å². The highest BCUT2D eigenvalue weighted by Gasteiger charge is 2.09. The maximum Gasteiger partial charge on any atom is 0.303 e. The average Bonchev–Trinajstić information content (AvgIpc) is 2.47. The molecule has 6 heteroatoms. The highest BCUT2D eigenvalue weighted by atomic mass is 19.3. The smallest absolute Gasteiger partial charge is 0.303 e. The lowest BCUT2D eigenvalue weighted by Crippen LogP contribution is -2.12. The fourth-order valence-corrected chi connectivity index (χ4v) is 1.10. The van der Waals surface area contributed by atoms with Crippen LogP contribution in [0.1, 0.15) is 12.1 Å². The summed E-state index contributed by atoms with van der Waals surface area (Å²) >= 11 is 0. The molecule has 0 atom stereocenters. The number of halogens is 2. The molecule has 0 aromatic carbocycles. The molecule has 0 aliphatic heterocycles. The molecule has 1 rings (SSSR count). The monoisotopic (exact) mass is 204 g/mol. The molecule has 78 valence electrons. The van der Waals surface area contributed by atoms with Gasteiger partial charge >= 0.3 is 5.97 Å². The van der Waals surface area contributed by atoms with E-state index in [4.69, 9.17) is 5.11 Å². The largest absolute Gasteiger partial charge is 0.481 e. The zero-order valence-electron chi connectivity index (χ0n) is 7.36. The molecule has 0 radical (unpaired) electrons. The van der Waals surface area contributed by atoms with Gasteiger partial charge in [-0.25, -0.2) is 8.78 Å². The van der Waals surface area contributed by atoms with E-state index in [9.17, 15) is 13.6 Å². The van der Waals surface area contributed by atoms with Crippen LogP contribution in [0.15, 0.2) is 12.3 Å². The minimum atomic E-state index is -2.47. The van der Waals surface area contributed by atoms with Gasteiger partial charge in [-0.15, -0.1) is 0 Å². The van der Waals surface area contributed by atoms with Crippen molar-refractivity contribution in [2.75, 3.05) is 0 Å². The van der Waals surface area contributed by atoms with Crippen LogP contribution in [0.5, 0.6) is 0 Å². The van der Waals surface area contributed by atoms with Crippen molar-refractivity contribution in [3.05, 3.63) is 18.0 Å². The Balaban J connectivity index is 2.58. The molecule has 1 heterocycles. The molecular formula is C8H10F2N2O2. The molecule has 0 spiro atoms. The first-order valence-corrected chi connectivity index (χ1v) is 4.10. The number of alkyl halides is 2. The predicted octanol–water partition coefficient (Wildman–Crippen LogP) is 1.17. The van der Waals surface area contributed by atoms with E-state index in [-0.39, 0.29) is 12.8 Å². The second kappa shape index (κ2) is 4.69. The van der Waals surface area contributed by atoms with Crippen LogP contribution in [0.2, 0.25) is 0 Å². The number of hydrogen-bond donors (Lipinski definition) is 1. The Labute approximate surface area is 79.2 Å². The molecule has 14 heavy (non-hydrogen) atoms. The number of carboxylic acids is 1. The maximum absolute atomic E-state index is 12.0. The van der Waals surface area contributed by atoms with Gasteiger partial charge in [-0.1, -0.05) is 0 Å². The van der Waals surface area contributed by atoms with Crippen molar-refractivity contribution in [1.82, 2.24) is 9.78 Å².